The summed E-state index contributed by atoms with van der Waals surface area (Å²) in [6, 6.07) is 8.60. The molecule has 0 atom stereocenters. The molecule has 1 aromatic carbocycles. The fraction of sp³-hybridized carbons (Fsp3) is 0.333. The molecule has 0 saturated carbocycles. The molecule has 0 spiro atoms. The Morgan fingerprint density at radius 1 is 1.00 bits per heavy atom. The van der Waals surface area contributed by atoms with Gasteiger partial charge in [-0.2, -0.15) is 10.1 Å². The van der Waals surface area contributed by atoms with Crippen molar-refractivity contribution in [3.63, 3.8) is 0 Å². The summed E-state index contributed by atoms with van der Waals surface area (Å²) in [5.74, 6) is 0. The number of hydrogen-bond donors (Lipinski definition) is 3. The highest BCUT2D eigenvalue weighted by Crippen LogP contribution is 2.28. The molecule has 2 heterocycles. The lowest BCUT2D eigenvalue weighted by molar-refractivity contribution is -0.0494. The lowest BCUT2D eigenvalue weighted by Gasteiger charge is -2.42. The van der Waals surface area contributed by atoms with Crippen LogP contribution in [-0.4, -0.2) is 53.7 Å². The Kier molecular flexibility index (Phi) is 4.79. The molecule has 25 heavy (non-hydrogen) atoms. The number of benzene rings is 1. The van der Waals surface area contributed by atoms with Crippen LogP contribution < -0.4 is 21.3 Å². The Labute approximate surface area is 143 Å². The van der Waals surface area contributed by atoms with Gasteiger partial charge >= 0.3 is 12.2 Å². The summed E-state index contributed by atoms with van der Waals surface area (Å²) in [5.41, 5.74) is 11.4. The predicted octanol–water partition coefficient (Wildman–Crippen LogP) is -0.0255. The van der Waals surface area contributed by atoms with Crippen LogP contribution in [0.5, 0.6) is 0 Å². The molecule has 0 aromatic heterocycles. The van der Waals surface area contributed by atoms with E-state index in [1.54, 1.807) is 30.3 Å². The number of cyclic esters (lactones) is 2. The number of nitrogens with zero attached hydrogens (tertiary/aromatic N) is 4. The molecule has 2 saturated heterocycles. The first-order valence-electron chi connectivity index (χ1n) is 7.35. The number of amides is 2. The molecule has 0 unspecified atom stereocenters. The van der Waals surface area contributed by atoms with Gasteiger partial charge in [-0.1, -0.05) is 18.2 Å². The molecule has 2 fully saturated rings. The van der Waals surface area contributed by atoms with Gasteiger partial charge in [-0.3, -0.25) is 15.6 Å². The Morgan fingerprint density at radius 2 is 1.56 bits per heavy atom. The minimum absolute atomic E-state index is 0.115. The van der Waals surface area contributed by atoms with Crippen LogP contribution in [0.1, 0.15) is 0 Å². The highest BCUT2D eigenvalue weighted by Gasteiger charge is 2.41. The predicted molar refractivity (Wildman–Crippen MR) is 86.0 cm³/mol. The van der Waals surface area contributed by atoms with Crippen LogP contribution in [0.2, 0.25) is 0 Å². The van der Waals surface area contributed by atoms with Crippen molar-refractivity contribution in [1.82, 2.24) is 20.4 Å². The Morgan fingerprint density at radius 3 is 2.04 bits per heavy atom. The van der Waals surface area contributed by atoms with E-state index in [4.69, 9.17) is 20.5 Å². The summed E-state index contributed by atoms with van der Waals surface area (Å²) in [6.07, 6.45) is -1.36. The second kappa shape index (κ2) is 6.86. The van der Waals surface area contributed by atoms with Crippen LogP contribution in [0.25, 0.3) is 0 Å². The van der Waals surface area contributed by atoms with Gasteiger partial charge in [0.15, 0.2) is 0 Å². The molecule has 2 aliphatic heterocycles. The number of carbonyl (C=O) groups excluding carboxylic acids is 2. The van der Waals surface area contributed by atoms with E-state index in [0.717, 1.165) is 10.2 Å². The van der Waals surface area contributed by atoms with Gasteiger partial charge < -0.3 is 9.47 Å². The zero-order valence-electron chi connectivity index (χ0n) is 13.1. The van der Waals surface area contributed by atoms with Gasteiger partial charge in [0, 0.05) is 0 Å². The topological polar surface area (TPSA) is 147 Å². The number of para-hydroxylation sites is 1. The van der Waals surface area contributed by atoms with Crippen LogP contribution in [0.3, 0.4) is 0 Å². The molecule has 2 aliphatic rings. The maximum atomic E-state index is 12.1. The fourth-order valence-electron chi connectivity index (χ4n) is 2.37. The van der Waals surface area contributed by atoms with Crippen LogP contribution in [0, 0.1) is 0 Å². The van der Waals surface area contributed by atoms with Crippen LogP contribution >= 0.6 is 7.59 Å². The van der Waals surface area contributed by atoms with Gasteiger partial charge in [0.05, 0.1) is 18.8 Å². The quantitative estimate of drug-likeness (QED) is 0.460. The van der Waals surface area contributed by atoms with Crippen molar-refractivity contribution in [1.29, 1.82) is 0 Å². The molecule has 13 heteroatoms. The lowest BCUT2D eigenvalue weighted by Crippen LogP contribution is -2.65. The molecule has 136 valence electrons. The third-order valence-corrected chi connectivity index (χ3v) is 3.84. The number of rotatable bonds is 6. The summed E-state index contributed by atoms with van der Waals surface area (Å²) in [4.78, 5) is 24.1. The molecule has 0 bridgehead atoms. The van der Waals surface area contributed by atoms with E-state index in [-0.39, 0.29) is 26.3 Å². The minimum Gasteiger partial charge on any atom is -0.446 e. The summed E-state index contributed by atoms with van der Waals surface area (Å²) in [7, 11) is -3.83. The SMILES string of the molecule is NP(N)(=O)NN(N1CCOC1=O)N(c1ccccc1)N1CCOC1=O. The molecule has 0 radical (unpaired) electrons. The van der Waals surface area contributed by atoms with E-state index in [1.165, 1.54) is 10.1 Å². The molecular formula is C12H18N7O5P. The number of anilines is 1. The Balaban J connectivity index is 2.03. The molecule has 3 rings (SSSR count). The monoisotopic (exact) mass is 371 g/mol. The number of nitrogens with two attached hydrogens (primary N) is 2. The van der Waals surface area contributed by atoms with E-state index < -0.39 is 19.8 Å². The van der Waals surface area contributed by atoms with E-state index in [9.17, 15) is 14.2 Å². The smallest absolute Gasteiger partial charge is 0.430 e. The Hall–Kier alpha value is -2.37. The van der Waals surface area contributed by atoms with Gasteiger partial charge in [0.2, 0.25) is 0 Å². The first kappa shape index (κ1) is 17.5. The number of hydrazine groups is 4. The highest BCUT2D eigenvalue weighted by molar-refractivity contribution is 7.56. The molecule has 12 nitrogen and oxygen atoms in total. The maximum Gasteiger partial charge on any atom is 0.430 e. The van der Waals surface area contributed by atoms with Gasteiger partial charge in [-0.05, 0) is 17.4 Å². The summed E-state index contributed by atoms with van der Waals surface area (Å²) >= 11 is 0. The fourth-order valence-corrected chi connectivity index (χ4v) is 2.84. The third-order valence-electron chi connectivity index (χ3n) is 3.35. The van der Waals surface area contributed by atoms with Gasteiger partial charge in [-0.15, -0.1) is 5.20 Å². The van der Waals surface area contributed by atoms with Crippen molar-refractivity contribution in [2.24, 2.45) is 11.0 Å². The first-order valence-corrected chi connectivity index (χ1v) is 9.20. The third kappa shape index (κ3) is 3.83. The van der Waals surface area contributed by atoms with Gasteiger partial charge in [0.1, 0.15) is 13.2 Å². The normalized spacial score (nSPS) is 17.9. The average Bonchev–Trinajstić information content (AvgIpc) is 3.16. The summed E-state index contributed by atoms with van der Waals surface area (Å²) in [5, 5.41) is 6.95. The standard InChI is InChI=1S/C12H18N7O5P/c13-25(14,22)15-19(17-7-9-24-12(17)21)18(10-4-2-1-3-5-10)16-6-8-23-11(16)20/h1-5H,6-9H2,(H5,13,14,15,22). The van der Waals surface area contributed by atoms with Crippen molar-refractivity contribution in [3.05, 3.63) is 30.3 Å². The summed E-state index contributed by atoms with van der Waals surface area (Å²) < 4.78 is 21.9. The number of carbonyl (C=O) groups is 2. The maximum absolute atomic E-state index is 12.1. The molecule has 1 aromatic rings. The minimum atomic E-state index is -3.83. The molecule has 0 aliphatic carbocycles. The second-order valence-electron chi connectivity index (χ2n) is 5.20. The molecule has 2 amide bonds. The lowest BCUT2D eigenvalue weighted by atomic mass is 10.3. The van der Waals surface area contributed by atoms with Crippen molar-refractivity contribution >= 4 is 25.5 Å². The van der Waals surface area contributed by atoms with E-state index in [0.29, 0.717) is 5.69 Å². The van der Waals surface area contributed by atoms with Gasteiger partial charge in [0.25, 0.3) is 7.59 Å². The van der Waals surface area contributed by atoms with Crippen LogP contribution in [-0.2, 0) is 14.0 Å². The zero-order chi connectivity index (χ0) is 18.0. The largest absolute Gasteiger partial charge is 0.446 e. The number of hydrogen-bond acceptors (Lipinski definition) is 7. The highest BCUT2D eigenvalue weighted by atomic mass is 31.2. The first-order chi connectivity index (χ1) is 11.9. The molecule has 5 N–H and O–H groups in total. The van der Waals surface area contributed by atoms with E-state index >= 15 is 0 Å². The van der Waals surface area contributed by atoms with Crippen LogP contribution in [0.15, 0.2) is 30.3 Å². The van der Waals surface area contributed by atoms with Crippen molar-refractivity contribution in [2.75, 3.05) is 31.4 Å². The number of nitrogens with one attached hydrogen (secondary N) is 1. The van der Waals surface area contributed by atoms with E-state index in [2.05, 4.69) is 5.20 Å². The average molecular weight is 371 g/mol. The van der Waals surface area contributed by atoms with Crippen molar-refractivity contribution in [3.8, 4) is 0 Å². The number of ether oxygens (including phenoxy) is 2. The zero-order valence-corrected chi connectivity index (χ0v) is 14.0. The van der Waals surface area contributed by atoms with Gasteiger partial charge in [-0.25, -0.2) is 14.6 Å². The van der Waals surface area contributed by atoms with Crippen molar-refractivity contribution < 1.29 is 23.6 Å². The van der Waals surface area contributed by atoms with E-state index in [1.807, 2.05) is 0 Å². The Bertz CT molecular complexity index is 698. The summed E-state index contributed by atoms with van der Waals surface area (Å²) in [6.45, 7) is 0.610. The second-order valence-corrected chi connectivity index (χ2v) is 6.82. The molecular weight excluding hydrogens is 353 g/mol. The van der Waals surface area contributed by atoms with Crippen LogP contribution in [0.4, 0.5) is 15.3 Å². The van der Waals surface area contributed by atoms with Crippen molar-refractivity contribution in [2.45, 2.75) is 0 Å².